The van der Waals surface area contributed by atoms with Crippen molar-refractivity contribution >= 4 is 34.2 Å². The summed E-state index contributed by atoms with van der Waals surface area (Å²) < 4.78 is 2.25. The predicted molar refractivity (Wildman–Crippen MR) is 87.0 cm³/mol. The average molecular weight is 314 g/mol. The van der Waals surface area contributed by atoms with Crippen LogP contribution in [0.4, 0.5) is 0 Å². The topological polar surface area (TPSA) is 21.1 Å². The number of alkyl halides is 1. The summed E-state index contributed by atoms with van der Waals surface area (Å²) in [4.78, 5) is 6.88. The highest BCUT2D eigenvalue weighted by atomic mass is 35.5. The first-order valence-corrected chi connectivity index (χ1v) is 7.82. The lowest BCUT2D eigenvalue weighted by Gasteiger charge is -2.20. The zero-order chi connectivity index (χ0) is 14.7. The molecule has 2 rings (SSSR count). The van der Waals surface area contributed by atoms with E-state index < -0.39 is 0 Å². The summed E-state index contributed by atoms with van der Waals surface area (Å²) in [5, 5.41) is 0.757. The van der Waals surface area contributed by atoms with Crippen molar-refractivity contribution in [2.45, 2.75) is 25.8 Å². The van der Waals surface area contributed by atoms with Gasteiger partial charge in [-0.25, -0.2) is 4.98 Å². The molecule has 1 unspecified atom stereocenters. The summed E-state index contributed by atoms with van der Waals surface area (Å²) in [7, 11) is 4.18. The van der Waals surface area contributed by atoms with Gasteiger partial charge in [0.15, 0.2) is 0 Å². The Bertz CT molecular complexity index is 578. The molecule has 0 bridgehead atoms. The van der Waals surface area contributed by atoms with Crippen LogP contribution < -0.4 is 0 Å². The molecule has 20 heavy (non-hydrogen) atoms. The maximum absolute atomic E-state index is 6.38. The first-order chi connectivity index (χ1) is 9.54. The number of hydrogen-bond acceptors (Lipinski definition) is 2. The van der Waals surface area contributed by atoms with Gasteiger partial charge in [0.2, 0.25) is 0 Å². The van der Waals surface area contributed by atoms with Gasteiger partial charge in [-0.2, -0.15) is 0 Å². The Hall–Kier alpha value is -0.770. The van der Waals surface area contributed by atoms with E-state index in [1.54, 1.807) is 0 Å². The Labute approximate surface area is 130 Å². The van der Waals surface area contributed by atoms with E-state index in [1.807, 2.05) is 18.2 Å². The SMILES string of the molecule is CC(CCN(C)C)n1c(CCCl)nc2cccc(Cl)c21. The van der Waals surface area contributed by atoms with Crippen molar-refractivity contribution in [2.24, 2.45) is 0 Å². The number of aromatic nitrogens is 2. The van der Waals surface area contributed by atoms with Crippen molar-refractivity contribution in [3.8, 4) is 0 Å². The molecule has 0 saturated carbocycles. The van der Waals surface area contributed by atoms with Crippen molar-refractivity contribution in [3.05, 3.63) is 29.0 Å². The highest BCUT2D eigenvalue weighted by molar-refractivity contribution is 6.35. The fourth-order valence-corrected chi connectivity index (χ4v) is 2.89. The van der Waals surface area contributed by atoms with Crippen molar-refractivity contribution in [1.29, 1.82) is 0 Å². The van der Waals surface area contributed by atoms with E-state index >= 15 is 0 Å². The third-order valence-corrected chi connectivity index (χ3v) is 3.98. The zero-order valence-electron chi connectivity index (χ0n) is 12.2. The normalized spacial score (nSPS) is 13.3. The van der Waals surface area contributed by atoms with Crippen LogP contribution in [0.2, 0.25) is 5.02 Å². The summed E-state index contributed by atoms with van der Waals surface area (Å²) in [6.45, 7) is 3.25. The summed E-state index contributed by atoms with van der Waals surface area (Å²) in [6, 6.07) is 6.22. The second-order valence-corrected chi connectivity index (χ2v) is 6.17. The molecule has 0 aliphatic carbocycles. The summed E-state index contributed by atoms with van der Waals surface area (Å²) in [5.74, 6) is 1.59. The Morgan fingerprint density at radius 1 is 1.35 bits per heavy atom. The lowest BCUT2D eigenvalue weighted by Crippen LogP contribution is -2.18. The van der Waals surface area contributed by atoms with E-state index in [0.717, 1.165) is 41.3 Å². The first kappa shape index (κ1) is 15.6. The second-order valence-electron chi connectivity index (χ2n) is 5.39. The average Bonchev–Trinajstić information content (AvgIpc) is 2.76. The molecule has 0 N–H and O–H groups in total. The van der Waals surface area contributed by atoms with Gasteiger partial charge in [0.05, 0.1) is 16.1 Å². The van der Waals surface area contributed by atoms with Gasteiger partial charge >= 0.3 is 0 Å². The van der Waals surface area contributed by atoms with Crippen LogP contribution in [0.25, 0.3) is 11.0 Å². The molecule has 0 fully saturated rings. The number of benzene rings is 1. The van der Waals surface area contributed by atoms with Crippen molar-refractivity contribution in [2.75, 3.05) is 26.5 Å². The maximum atomic E-state index is 6.38. The molecule has 5 heteroatoms. The summed E-state index contributed by atoms with van der Waals surface area (Å²) in [6.07, 6.45) is 1.82. The zero-order valence-corrected chi connectivity index (χ0v) is 13.7. The molecule has 0 amide bonds. The number of rotatable bonds is 6. The molecule has 0 spiro atoms. The van der Waals surface area contributed by atoms with Crippen molar-refractivity contribution in [1.82, 2.24) is 14.5 Å². The summed E-state index contributed by atoms with van der Waals surface area (Å²) in [5.41, 5.74) is 1.98. The molecule has 1 atom stereocenters. The number of hydrogen-bond donors (Lipinski definition) is 0. The molecule has 0 aliphatic rings. The minimum absolute atomic E-state index is 0.348. The van der Waals surface area contributed by atoms with Crippen LogP contribution >= 0.6 is 23.2 Å². The molecule has 0 radical (unpaired) electrons. The highest BCUT2D eigenvalue weighted by Crippen LogP contribution is 2.29. The molecule has 0 saturated heterocycles. The van der Waals surface area contributed by atoms with Crippen molar-refractivity contribution in [3.63, 3.8) is 0 Å². The van der Waals surface area contributed by atoms with Crippen LogP contribution in [-0.4, -0.2) is 41.0 Å². The summed E-state index contributed by atoms with van der Waals surface area (Å²) >= 11 is 12.3. The second kappa shape index (κ2) is 6.79. The molecule has 2 aromatic rings. The monoisotopic (exact) mass is 313 g/mol. The van der Waals surface area contributed by atoms with Gasteiger partial charge in [-0.15, -0.1) is 11.6 Å². The van der Waals surface area contributed by atoms with Gasteiger partial charge in [0, 0.05) is 18.3 Å². The molecular weight excluding hydrogens is 293 g/mol. The van der Waals surface area contributed by atoms with Gasteiger partial charge in [-0.3, -0.25) is 0 Å². The number of nitrogens with zero attached hydrogens (tertiary/aromatic N) is 3. The molecule has 110 valence electrons. The van der Waals surface area contributed by atoms with Crippen LogP contribution in [0.1, 0.15) is 25.2 Å². The third kappa shape index (κ3) is 3.27. The van der Waals surface area contributed by atoms with Crippen LogP contribution in [-0.2, 0) is 6.42 Å². The molecule has 0 aliphatic heterocycles. The van der Waals surface area contributed by atoms with Gasteiger partial charge < -0.3 is 9.47 Å². The van der Waals surface area contributed by atoms with Gasteiger partial charge in [0.25, 0.3) is 0 Å². The standard InChI is InChI=1S/C15H21Cl2N3/c1-11(8-10-19(2)3)20-14(7-9-16)18-13-6-4-5-12(17)15(13)20/h4-6,11H,7-10H2,1-3H3. The first-order valence-electron chi connectivity index (χ1n) is 6.90. The number of halogens is 2. The fourth-order valence-electron chi connectivity index (χ4n) is 2.46. The number of aryl methyl sites for hydroxylation is 1. The van der Waals surface area contributed by atoms with E-state index in [0.29, 0.717) is 11.9 Å². The third-order valence-electron chi connectivity index (χ3n) is 3.49. The highest BCUT2D eigenvalue weighted by Gasteiger charge is 2.17. The quantitative estimate of drug-likeness (QED) is 0.752. The minimum atomic E-state index is 0.348. The van der Waals surface area contributed by atoms with Gasteiger partial charge in [0.1, 0.15) is 5.82 Å². The van der Waals surface area contributed by atoms with E-state index in [4.69, 9.17) is 28.2 Å². The number of fused-ring (bicyclic) bond motifs is 1. The predicted octanol–water partition coefficient (Wildman–Crippen LogP) is 3.98. The molecule has 3 nitrogen and oxygen atoms in total. The molecule has 1 heterocycles. The van der Waals surface area contributed by atoms with Crippen LogP contribution in [0.3, 0.4) is 0 Å². The molecule has 1 aromatic carbocycles. The lowest BCUT2D eigenvalue weighted by molar-refractivity contribution is 0.357. The Morgan fingerprint density at radius 2 is 2.10 bits per heavy atom. The van der Waals surface area contributed by atoms with E-state index in [2.05, 4.69) is 30.5 Å². The van der Waals surface area contributed by atoms with Gasteiger partial charge in [-0.1, -0.05) is 17.7 Å². The fraction of sp³-hybridized carbons (Fsp3) is 0.533. The Kier molecular flexibility index (Phi) is 5.30. The van der Waals surface area contributed by atoms with Crippen LogP contribution in [0.5, 0.6) is 0 Å². The smallest absolute Gasteiger partial charge is 0.111 e. The largest absolute Gasteiger partial charge is 0.324 e. The van der Waals surface area contributed by atoms with E-state index in [1.165, 1.54) is 0 Å². The van der Waals surface area contributed by atoms with Crippen LogP contribution in [0, 0.1) is 0 Å². The number of para-hydroxylation sites is 1. The Morgan fingerprint density at radius 3 is 2.75 bits per heavy atom. The van der Waals surface area contributed by atoms with Crippen LogP contribution in [0.15, 0.2) is 18.2 Å². The van der Waals surface area contributed by atoms with Crippen molar-refractivity contribution < 1.29 is 0 Å². The number of imidazole rings is 1. The minimum Gasteiger partial charge on any atom is -0.324 e. The maximum Gasteiger partial charge on any atom is 0.111 e. The van der Waals surface area contributed by atoms with Gasteiger partial charge in [-0.05, 0) is 46.1 Å². The molecule has 1 aromatic heterocycles. The Balaban J connectivity index is 2.44. The van der Waals surface area contributed by atoms with E-state index in [-0.39, 0.29) is 0 Å². The molecular formula is C15H21Cl2N3. The lowest BCUT2D eigenvalue weighted by atomic mass is 10.2. The van der Waals surface area contributed by atoms with E-state index in [9.17, 15) is 0 Å².